The molecular weight excluding hydrogens is 196 g/mol. The average Bonchev–Trinajstić information content (AvgIpc) is 2.11. The molecule has 0 saturated carbocycles. The van der Waals surface area contributed by atoms with E-state index >= 15 is 0 Å². The van der Waals surface area contributed by atoms with Gasteiger partial charge in [-0.3, -0.25) is 4.79 Å². The van der Waals surface area contributed by atoms with Crippen LogP contribution in [0.15, 0.2) is 0 Å². The molecule has 1 heterocycles. The highest BCUT2D eigenvalue weighted by atomic mass is 16.5. The highest BCUT2D eigenvalue weighted by Crippen LogP contribution is 2.23. The van der Waals surface area contributed by atoms with E-state index in [1.165, 1.54) is 0 Å². The number of carboxylic acid groups (broad SMARTS) is 1. The minimum Gasteiger partial charge on any atom is -0.481 e. The molecule has 1 saturated heterocycles. The van der Waals surface area contributed by atoms with E-state index in [9.17, 15) is 9.90 Å². The van der Waals surface area contributed by atoms with Gasteiger partial charge in [0.15, 0.2) is 0 Å². The zero-order valence-electron chi connectivity index (χ0n) is 9.99. The Morgan fingerprint density at radius 1 is 1.47 bits per heavy atom. The number of aliphatic hydroxyl groups is 1. The largest absolute Gasteiger partial charge is 0.481 e. The third kappa shape index (κ3) is 5.74. The molecule has 0 radical (unpaired) electrons. The van der Waals surface area contributed by atoms with Crippen LogP contribution in [0.1, 0.15) is 40.5 Å². The van der Waals surface area contributed by atoms with Crippen LogP contribution in [0.5, 0.6) is 0 Å². The van der Waals surface area contributed by atoms with Crippen molar-refractivity contribution >= 4 is 5.97 Å². The fraction of sp³-hybridized carbons (Fsp3) is 0.909. The van der Waals surface area contributed by atoms with Crippen LogP contribution in [0.25, 0.3) is 0 Å². The summed E-state index contributed by atoms with van der Waals surface area (Å²) in [7, 11) is 0. The molecule has 0 aromatic carbocycles. The minimum absolute atomic E-state index is 0.231. The first kappa shape index (κ1) is 14.4. The monoisotopic (exact) mass is 218 g/mol. The number of carbonyl (C=O) groups is 1. The Labute approximate surface area is 91.3 Å². The second-order valence-electron chi connectivity index (χ2n) is 4.60. The minimum atomic E-state index is -0.741. The van der Waals surface area contributed by atoms with Crippen LogP contribution in [0.2, 0.25) is 0 Å². The molecule has 0 bridgehead atoms. The molecule has 4 heteroatoms. The molecule has 0 aromatic rings. The lowest BCUT2D eigenvalue weighted by Crippen LogP contribution is -2.42. The van der Waals surface area contributed by atoms with Gasteiger partial charge in [-0.15, -0.1) is 0 Å². The van der Waals surface area contributed by atoms with E-state index in [1.54, 1.807) is 13.8 Å². The fourth-order valence-electron chi connectivity index (χ4n) is 1.06. The van der Waals surface area contributed by atoms with E-state index < -0.39 is 5.97 Å². The summed E-state index contributed by atoms with van der Waals surface area (Å²) in [6.45, 7) is 7.93. The second kappa shape index (κ2) is 6.08. The van der Waals surface area contributed by atoms with E-state index in [1.807, 2.05) is 13.8 Å². The molecule has 1 aliphatic heterocycles. The first-order chi connectivity index (χ1) is 6.77. The second-order valence-corrected chi connectivity index (χ2v) is 4.60. The molecule has 0 amide bonds. The maximum Gasteiger partial charge on any atom is 0.305 e. The maximum atomic E-state index is 9.70. The summed E-state index contributed by atoms with van der Waals surface area (Å²) in [6.07, 6.45) is 1.60. The van der Waals surface area contributed by atoms with E-state index in [4.69, 9.17) is 9.84 Å². The Bertz CT molecular complexity index is 199. The summed E-state index contributed by atoms with van der Waals surface area (Å²) in [5, 5.41) is 17.3. The lowest BCUT2D eigenvalue weighted by atomic mass is 9.95. The van der Waals surface area contributed by atoms with Crippen molar-refractivity contribution in [3.63, 3.8) is 0 Å². The van der Waals surface area contributed by atoms with Crippen molar-refractivity contribution in [2.45, 2.75) is 52.2 Å². The number of carboxylic acids is 1. The van der Waals surface area contributed by atoms with Crippen LogP contribution >= 0.6 is 0 Å². The highest BCUT2D eigenvalue weighted by molar-refractivity contribution is 5.68. The van der Waals surface area contributed by atoms with Gasteiger partial charge >= 0.3 is 5.97 Å². The van der Waals surface area contributed by atoms with E-state index in [0.717, 1.165) is 19.4 Å². The molecule has 90 valence electrons. The topological polar surface area (TPSA) is 66.8 Å². The molecule has 2 N–H and O–H groups in total. The number of hydrogen-bond donors (Lipinski definition) is 2. The van der Waals surface area contributed by atoms with Crippen molar-refractivity contribution in [3.05, 3.63) is 0 Å². The SMILES string of the molecule is CC(C)C(=O)O.CC1(C)OCCCC1O. The summed E-state index contributed by atoms with van der Waals surface area (Å²) in [4.78, 5) is 9.70. The molecule has 1 rings (SSSR count). The van der Waals surface area contributed by atoms with Crippen LogP contribution in [0.3, 0.4) is 0 Å². The molecule has 1 fully saturated rings. The van der Waals surface area contributed by atoms with E-state index in [-0.39, 0.29) is 17.6 Å². The molecule has 1 atom stereocenters. The van der Waals surface area contributed by atoms with Crippen molar-refractivity contribution in [2.24, 2.45) is 5.92 Å². The van der Waals surface area contributed by atoms with E-state index in [2.05, 4.69) is 0 Å². The van der Waals surface area contributed by atoms with Gasteiger partial charge in [0.05, 0.1) is 17.6 Å². The number of aliphatic carboxylic acids is 1. The number of rotatable bonds is 1. The Kier molecular flexibility index (Phi) is 5.83. The first-order valence-corrected chi connectivity index (χ1v) is 5.32. The third-order valence-corrected chi connectivity index (χ3v) is 2.39. The van der Waals surface area contributed by atoms with Gasteiger partial charge in [-0.1, -0.05) is 13.8 Å². The molecule has 0 aromatic heterocycles. The average molecular weight is 218 g/mol. The maximum absolute atomic E-state index is 9.70. The smallest absolute Gasteiger partial charge is 0.305 e. The van der Waals surface area contributed by atoms with Crippen LogP contribution in [-0.2, 0) is 9.53 Å². The summed E-state index contributed by atoms with van der Waals surface area (Å²) >= 11 is 0. The molecule has 15 heavy (non-hydrogen) atoms. The number of ether oxygens (including phenoxy) is 1. The van der Waals surface area contributed by atoms with Gasteiger partial charge in [-0.25, -0.2) is 0 Å². The van der Waals surface area contributed by atoms with Gasteiger partial charge in [-0.2, -0.15) is 0 Å². The van der Waals surface area contributed by atoms with Crippen LogP contribution in [0.4, 0.5) is 0 Å². The molecule has 1 unspecified atom stereocenters. The quantitative estimate of drug-likeness (QED) is 0.702. The Morgan fingerprint density at radius 3 is 2.13 bits per heavy atom. The lowest BCUT2D eigenvalue weighted by molar-refractivity contribution is -0.140. The molecule has 0 spiro atoms. The molecule has 4 nitrogen and oxygen atoms in total. The van der Waals surface area contributed by atoms with Gasteiger partial charge in [-0.05, 0) is 26.7 Å². The molecule has 1 aliphatic rings. The lowest BCUT2D eigenvalue weighted by Gasteiger charge is -2.34. The molecule has 0 aliphatic carbocycles. The van der Waals surface area contributed by atoms with Crippen molar-refractivity contribution in [1.29, 1.82) is 0 Å². The summed E-state index contributed by atoms with van der Waals surface area (Å²) in [5.41, 5.74) is -0.307. The van der Waals surface area contributed by atoms with Gasteiger partial charge in [0.1, 0.15) is 0 Å². The fourth-order valence-corrected chi connectivity index (χ4v) is 1.06. The number of hydrogen-bond acceptors (Lipinski definition) is 3. The van der Waals surface area contributed by atoms with Crippen LogP contribution < -0.4 is 0 Å². The van der Waals surface area contributed by atoms with Gasteiger partial charge in [0.2, 0.25) is 0 Å². The summed E-state index contributed by atoms with van der Waals surface area (Å²) < 4.78 is 5.33. The van der Waals surface area contributed by atoms with Gasteiger partial charge in [0, 0.05) is 6.61 Å². The standard InChI is InChI=1S/C7H14O2.C4H8O2/c1-7(2)6(8)4-3-5-9-7;1-3(2)4(5)6/h6,8H,3-5H2,1-2H3;3H,1-2H3,(H,5,6). The van der Waals surface area contributed by atoms with Crippen molar-refractivity contribution in [2.75, 3.05) is 6.61 Å². The predicted molar refractivity (Wildman–Crippen MR) is 57.7 cm³/mol. The zero-order valence-corrected chi connectivity index (χ0v) is 9.99. The predicted octanol–water partition coefficient (Wildman–Crippen LogP) is 1.66. The van der Waals surface area contributed by atoms with Crippen molar-refractivity contribution < 1.29 is 19.7 Å². The summed E-state index contributed by atoms with van der Waals surface area (Å²) in [5.74, 6) is -0.972. The Balaban J connectivity index is 0.000000288. The first-order valence-electron chi connectivity index (χ1n) is 5.32. The molecular formula is C11H22O4. The van der Waals surface area contributed by atoms with Crippen molar-refractivity contribution in [1.82, 2.24) is 0 Å². The van der Waals surface area contributed by atoms with E-state index in [0.29, 0.717) is 0 Å². The Hall–Kier alpha value is -0.610. The van der Waals surface area contributed by atoms with Crippen LogP contribution in [-0.4, -0.2) is 34.5 Å². The normalized spacial score (nSPS) is 24.3. The summed E-state index contributed by atoms with van der Waals surface area (Å²) in [6, 6.07) is 0. The van der Waals surface area contributed by atoms with Crippen LogP contribution in [0, 0.1) is 5.92 Å². The van der Waals surface area contributed by atoms with Crippen molar-refractivity contribution in [3.8, 4) is 0 Å². The zero-order chi connectivity index (χ0) is 12.1. The highest BCUT2D eigenvalue weighted by Gasteiger charge is 2.31. The van der Waals surface area contributed by atoms with Gasteiger partial charge < -0.3 is 14.9 Å². The van der Waals surface area contributed by atoms with Gasteiger partial charge in [0.25, 0.3) is 0 Å². The number of aliphatic hydroxyl groups excluding tert-OH is 1. The third-order valence-electron chi connectivity index (χ3n) is 2.39. The Morgan fingerprint density at radius 2 is 1.93 bits per heavy atom.